The number of hydrogen-bond acceptors (Lipinski definition) is 4. The molecule has 5 heteroatoms. The molecule has 4 nitrogen and oxygen atoms in total. The Kier molecular flexibility index (Phi) is 3.63. The Hall–Kier alpha value is -1.59. The van der Waals surface area contributed by atoms with Crippen LogP contribution in [0.25, 0.3) is 0 Å². The third-order valence-corrected chi connectivity index (χ3v) is 4.83. The largest absolute Gasteiger partial charge is 0.478 e. The monoisotopic (exact) mass is 291 g/mol. The highest BCUT2D eigenvalue weighted by atomic mass is 32.1. The summed E-state index contributed by atoms with van der Waals surface area (Å²) in [5.41, 5.74) is 1.76. The fourth-order valence-electron chi connectivity index (χ4n) is 2.63. The van der Waals surface area contributed by atoms with Gasteiger partial charge in [0, 0.05) is 16.3 Å². The Morgan fingerprint density at radius 1 is 1.40 bits per heavy atom. The smallest absolute Gasteiger partial charge is 0.339 e. The summed E-state index contributed by atoms with van der Waals surface area (Å²) in [4.78, 5) is 13.8. The van der Waals surface area contributed by atoms with Gasteiger partial charge in [0.2, 0.25) is 0 Å². The van der Waals surface area contributed by atoms with E-state index in [9.17, 15) is 4.79 Å². The number of carbonyl (C=O) groups is 1. The van der Waals surface area contributed by atoms with Crippen LogP contribution in [0.5, 0.6) is 0 Å². The highest BCUT2D eigenvalue weighted by Gasteiger charge is 2.15. The lowest BCUT2D eigenvalue weighted by atomic mass is 10.2. The van der Waals surface area contributed by atoms with Crippen LogP contribution in [0.15, 0.2) is 16.5 Å². The Balaban J connectivity index is 1.57. The number of carboxylic acid groups (broad SMARTS) is 1. The summed E-state index contributed by atoms with van der Waals surface area (Å²) in [5.74, 6) is 0.195. The predicted octanol–water partition coefficient (Wildman–Crippen LogP) is 3.13. The molecule has 2 aromatic heterocycles. The van der Waals surface area contributed by atoms with Crippen molar-refractivity contribution in [2.75, 3.05) is 0 Å². The van der Waals surface area contributed by atoms with Crippen molar-refractivity contribution < 1.29 is 14.3 Å². The van der Waals surface area contributed by atoms with E-state index in [1.165, 1.54) is 34.6 Å². The number of hydrogen-bond donors (Lipinski definition) is 2. The molecule has 20 heavy (non-hydrogen) atoms. The zero-order valence-corrected chi connectivity index (χ0v) is 12.2. The summed E-state index contributed by atoms with van der Waals surface area (Å²) >= 11 is 1.88. The molecule has 0 fully saturated rings. The number of nitrogens with one attached hydrogen (secondary N) is 1. The van der Waals surface area contributed by atoms with Gasteiger partial charge in [-0.3, -0.25) is 0 Å². The maximum absolute atomic E-state index is 10.9. The van der Waals surface area contributed by atoms with Crippen molar-refractivity contribution >= 4 is 17.3 Å². The Morgan fingerprint density at radius 3 is 2.95 bits per heavy atom. The molecule has 1 aliphatic carbocycles. The SMILES string of the molecule is Cc1oc(CNCc2cc3c(s2)CCC3)cc1C(=O)O. The van der Waals surface area contributed by atoms with Crippen LogP contribution in [0.4, 0.5) is 0 Å². The molecule has 0 saturated carbocycles. The third kappa shape index (κ3) is 2.64. The van der Waals surface area contributed by atoms with Crippen molar-refractivity contribution in [3.05, 3.63) is 44.5 Å². The number of carboxylic acids is 1. The van der Waals surface area contributed by atoms with Crippen molar-refractivity contribution in [1.29, 1.82) is 0 Å². The van der Waals surface area contributed by atoms with Gasteiger partial charge < -0.3 is 14.8 Å². The van der Waals surface area contributed by atoms with E-state index >= 15 is 0 Å². The van der Waals surface area contributed by atoms with Crippen LogP contribution in [0.2, 0.25) is 0 Å². The summed E-state index contributed by atoms with van der Waals surface area (Å²) in [6.45, 7) is 3.03. The summed E-state index contributed by atoms with van der Waals surface area (Å²) < 4.78 is 5.44. The van der Waals surface area contributed by atoms with Gasteiger partial charge in [0.1, 0.15) is 17.1 Å². The van der Waals surface area contributed by atoms with Crippen molar-refractivity contribution in [3.63, 3.8) is 0 Å². The quantitative estimate of drug-likeness (QED) is 0.888. The van der Waals surface area contributed by atoms with Crippen LogP contribution in [-0.4, -0.2) is 11.1 Å². The minimum absolute atomic E-state index is 0.247. The Labute approximate surface area is 121 Å². The van der Waals surface area contributed by atoms with E-state index in [-0.39, 0.29) is 5.56 Å². The van der Waals surface area contributed by atoms with E-state index in [1.54, 1.807) is 13.0 Å². The van der Waals surface area contributed by atoms with E-state index in [4.69, 9.17) is 9.52 Å². The molecule has 3 rings (SSSR count). The maximum Gasteiger partial charge on any atom is 0.339 e. The molecule has 1 aliphatic rings. The first-order valence-electron chi connectivity index (χ1n) is 6.77. The van der Waals surface area contributed by atoms with Crippen LogP contribution in [0.3, 0.4) is 0 Å². The highest BCUT2D eigenvalue weighted by molar-refractivity contribution is 7.12. The molecule has 0 unspecified atom stereocenters. The van der Waals surface area contributed by atoms with Gasteiger partial charge in [0.15, 0.2) is 0 Å². The Bertz CT molecular complexity index is 620. The minimum atomic E-state index is -0.938. The van der Waals surface area contributed by atoms with Gasteiger partial charge >= 0.3 is 5.97 Å². The van der Waals surface area contributed by atoms with Crippen LogP contribution in [0.1, 0.15) is 43.6 Å². The third-order valence-electron chi connectivity index (χ3n) is 3.60. The highest BCUT2D eigenvalue weighted by Crippen LogP contribution is 2.30. The molecule has 0 radical (unpaired) electrons. The molecule has 0 aliphatic heterocycles. The predicted molar refractivity (Wildman–Crippen MR) is 77.3 cm³/mol. The van der Waals surface area contributed by atoms with E-state index < -0.39 is 5.97 Å². The minimum Gasteiger partial charge on any atom is -0.478 e. The lowest BCUT2D eigenvalue weighted by Gasteiger charge is -2.00. The second kappa shape index (κ2) is 5.42. The molecule has 0 saturated heterocycles. The summed E-state index contributed by atoms with van der Waals surface area (Å²) in [7, 11) is 0. The molecular weight excluding hydrogens is 274 g/mol. The zero-order chi connectivity index (χ0) is 14.1. The normalized spacial score (nSPS) is 13.7. The van der Waals surface area contributed by atoms with Gasteiger partial charge in [0.05, 0.1) is 6.54 Å². The van der Waals surface area contributed by atoms with Gasteiger partial charge in [0.25, 0.3) is 0 Å². The molecule has 0 atom stereocenters. The second-order valence-electron chi connectivity index (χ2n) is 5.11. The van der Waals surface area contributed by atoms with Crippen molar-refractivity contribution in [2.24, 2.45) is 0 Å². The van der Waals surface area contributed by atoms with Gasteiger partial charge in [-0.15, -0.1) is 11.3 Å². The number of aromatic carboxylic acids is 1. The zero-order valence-electron chi connectivity index (χ0n) is 11.4. The van der Waals surface area contributed by atoms with Gasteiger partial charge in [-0.1, -0.05) is 0 Å². The number of fused-ring (bicyclic) bond motifs is 1. The molecule has 2 N–H and O–H groups in total. The van der Waals surface area contributed by atoms with Crippen LogP contribution >= 0.6 is 11.3 Å². The molecule has 106 valence electrons. The number of furan rings is 1. The first-order chi connectivity index (χ1) is 9.63. The lowest BCUT2D eigenvalue weighted by molar-refractivity contribution is 0.0695. The summed E-state index contributed by atoms with van der Waals surface area (Å²) in [5, 5.41) is 12.3. The fourth-order valence-corrected chi connectivity index (χ4v) is 3.86. The summed E-state index contributed by atoms with van der Waals surface area (Å²) in [6, 6.07) is 3.88. The van der Waals surface area contributed by atoms with Crippen molar-refractivity contribution in [2.45, 2.75) is 39.3 Å². The van der Waals surface area contributed by atoms with Crippen molar-refractivity contribution in [1.82, 2.24) is 5.32 Å². The topological polar surface area (TPSA) is 62.5 Å². The van der Waals surface area contributed by atoms with Gasteiger partial charge in [-0.2, -0.15) is 0 Å². The first kappa shape index (κ1) is 13.4. The van der Waals surface area contributed by atoms with Gasteiger partial charge in [-0.05, 0) is 43.9 Å². The fraction of sp³-hybridized carbons (Fsp3) is 0.400. The summed E-state index contributed by atoms with van der Waals surface area (Å²) in [6.07, 6.45) is 3.73. The van der Waals surface area contributed by atoms with E-state index in [1.807, 2.05) is 11.3 Å². The van der Waals surface area contributed by atoms with Crippen LogP contribution in [0, 0.1) is 6.92 Å². The number of thiophene rings is 1. The van der Waals surface area contributed by atoms with Crippen molar-refractivity contribution in [3.8, 4) is 0 Å². The molecule has 0 aromatic carbocycles. The molecule has 0 amide bonds. The molecule has 0 bridgehead atoms. The Morgan fingerprint density at radius 2 is 2.25 bits per heavy atom. The van der Waals surface area contributed by atoms with E-state index in [2.05, 4.69) is 11.4 Å². The molecule has 2 aromatic rings. The average molecular weight is 291 g/mol. The van der Waals surface area contributed by atoms with E-state index in [0.717, 1.165) is 6.54 Å². The average Bonchev–Trinajstić information content (AvgIpc) is 3.03. The maximum atomic E-state index is 10.9. The molecule has 0 spiro atoms. The standard InChI is InChI=1S/C15H17NO3S/c1-9-13(15(17)18)6-11(19-9)7-16-8-12-5-10-3-2-4-14(10)20-12/h5-6,16H,2-4,7-8H2,1H3,(H,17,18). The first-order valence-corrected chi connectivity index (χ1v) is 7.59. The number of aryl methyl sites for hydroxylation is 3. The molecule has 2 heterocycles. The van der Waals surface area contributed by atoms with Gasteiger partial charge in [-0.25, -0.2) is 4.79 Å². The molecular formula is C15H17NO3S. The van der Waals surface area contributed by atoms with Crippen LogP contribution in [-0.2, 0) is 25.9 Å². The van der Waals surface area contributed by atoms with E-state index in [0.29, 0.717) is 18.1 Å². The van der Waals surface area contributed by atoms with Crippen LogP contribution < -0.4 is 5.32 Å². The second-order valence-corrected chi connectivity index (χ2v) is 6.33. The number of rotatable bonds is 5. The lowest BCUT2D eigenvalue weighted by Crippen LogP contribution is -2.11.